The molecular weight excluding hydrogens is 697 g/mol. The van der Waals surface area contributed by atoms with E-state index >= 15 is 0 Å². The van der Waals surface area contributed by atoms with E-state index in [1.54, 1.807) is 60.7 Å². The highest BCUT2D eigenvalue weighted by Gasteiger charge is 2.35. The normalized spacial score (nSPS) is 12.6. The molecule has 0 heterocycles. The van der Waals surface area contributed by atoms with Gasteiger partial charge in [0.05, 0.1) is 10.6 Å². The summed E-state index contributed by atoms with van der Waals surface area (Å²) in [5.41, 5.74) is 1.69. The van der Waals surface area contributed by atoms with Crippen LogP contribution in [0, 0.1) is 0 Å². The predicted octanol–water partition coefficient (Wildman–Crippen LogP) is 7.51. The van der Waals surface area contributed by atoms with Crippen molar-refractivity contribution in [2.45, 2.75) is 50.2 Å². The van der Waals surface area contributed by atoms with Gasteiger partial charge in [0.25, 0.3) is 10.0 Å². The molecule has 0 aliphatic heterocycles. The van der Waals surface area contributed by atoms with E-state index in [-0.39, 0.29) is 29.8 Å². The summed E-state index contributed by atoms with van der Waals surface area (Å²) in [5.74, 6) is -0.934. The van der Waals surface area contributed by atoms with Crippen molar-refractivity contribution in [3.63, 3.8) is 0 Å². The van der Waals surface area contributed by atoms with Gasteiger partial charge in [-0.2, -0.15) is 0 Å². The number of benzene rings is 4. The van der Waals surface area contributed by atoms with E-state index in [0.717, 1.165) is 14.3 Å². The zero-order chi connectivity index (χ0) is 32.6. The molecule has 45 heavy (non-hydrogen) atoms. The summed E-state index contributed by atoms with van der Waals surface area (Å²) in [6, 6.07) is 27.7. The van der Waals surface area contributed by atoms with Gasteiger partial charge < -0.3 is 10.2 Å². The number of amides is 2. The first-order valence-corrected chi connectivity index (χ1v) is 17.4. The van der Waals surface area contributed by atoms with Crippen molar-refractivity contribution in [3.8, 4) is 0 Å². The van der Waals surface area contributed by atoms with E-state index < -0.39 is 28.5 Å². The lowest BCUT2D eigenvalue weighted by atomic mass is 10.0. The number of nitrogens with zero attached hydrogens (tertiary/aromatic N) is 2. The fourth-order valence-electron chi connectivity index (χ4n) is 4.68. The minimum atomic E-state index is -4.18. The smallest absolute Gasteiger partial charge is 0.264 e. The van der Waals surface area contributed by atoms with Crippen LogP contribution < -0.4 is 9.62 Å². The average molecular weight is 732 g/mol. The number of carbonyl (C=O) groups excluding carboxylic acids is 2. The van der Waals surface area contributed by atoms with E-state index in [2.05, 4.69) is 21.2 Å². The topological polar surface area (TPSA) is 86.8 Å². The maximum Gasteiger partial charge on any atom is 0.264 e. The summed E-state index contributed by atoms with van der Waals surface area (Å²) in [6.45, 7) is 3.23. The summed E-state index contributed by atoms with van der Waals surface area (Å²) < 4.78 is 29.9. The molecule has 1 N–H and O–H groups in total. The predicted molar refractivity (Wildman–Crippen MR) is 184 cm³/mol. The summed E-state index contributed by atoms with van der Waals surface area (Å²) >= 11 is 16.1. The van der Waals surface area contributed by atoms with E-state index in [9.17, 15) is 18.0 Å². The van der Waals surface area contributed by atoms with Crippen LogP contribution in [0.2, 0.25) is 10.0 Å². The van der Waals surface area contributed by atoms with Crippen molar-refractivity contribution in [3.05, 3.63) is 129 Å². The number of halogens is 3. The highest BCUT2D eigenvalue weighted by atomic mass is 79.9. The molecule has 2 unspecified atom stereocenters. The number of anilines is 1. The standard InChI is InChI=1S/C34H34BrCl2N3O4S/c1-3-24(2)38-34(42)32(20-25-10-6-4-7-11-25)39(22-26-14-17-28(36)21-31(26)37)33(41)23-40(29-18-15-27(35)16-19-29)45(43,44)30-12-8-5-9-13-30/h4-19,21,24,32H,3,20,22-23H2,1-2H3,(H,38,42). The number of hydrogen-bond acceptors (Lipinski definition) is 4. The molecule has 4 rings (SSSR count). The Bertz CT molecular complexity index is 1710. The second-order valence-electron chi connectivity index (χ2n) is 10.6. The molecule has 2 atom stereocenters. The van der Waals surface area contributed by atoms with Crippen LogP contribution in [0.15, 0.2) is 112 Å². The van der Waals surface area contributed by atoms with Crippen LogP contribution in [0.1, 0.15) is 31.4 Å². The van der Waals surface area contributed by atoms with Gasteiger partial charge in [-0.25, -0.2) is 8.42 Å². The van der Waals surface area contributed by atoms with E-state index in [0.29, 0.717) is 27.7 Å². The molecule has 0 aliphatic rings. The maximum atomic E-state index is 14.5. The Morgan fingerprint density at radius 1 is 0.889 bits per heavy atom. The second kappa shape index (κ2) is 15.8. The fraction of sp³-hybridized carbons (Fsp3) is 0.235. The van der Waals surface area contributed by atoms with E-state index in [1.807, 2.05) is 44.2 Å². The van der Waals surface area contributed by atoms with Crippen molar-refractivity contribution in [1.82, 2.24) is 10.2 Å². The molecule has 0 saturated carbocycles. The molecule has 0 aliphatic carbocycles. The van der Waals surface area contributed by atoms with Gasteiger partial charge in [0.15, 0.2) is 0 Å². The van der Waals surface area contributed by atoms with Crippen LogP contribution >= 0.6 is 39.1 Å². The maximum absolute atomic E-state index is 14.5. The summed E-state index contributed by atoms with van der Waals surface area (Å²) in [5, 5.41) is 3.76. The van der Waals surface area contributed by atoms with Gasteiger partial charge in [0.2, 0.25) is 11.8 Å². The number of rotatable bonds is 13. The van der Waals surface area contributed by atoms with Gasteiger partial charge in [0.1, 0.15) is 12.6 Å². The second-order valence-corrected chi connectivity index (χ2v) is 14.2. The van der Waals surface area contributed by atoms with Gasteiger partial charge in [-0.1, -0.05) is 101 Å². The third-order valence-electron chi connectivity index (χ3n) is 7.35. The summed E-state index contributed by atoms with van der Waals surface area (Å²) in [7, 11) is -4.18. The minimum absolute atomic E-state index is 0.0309. The number of carbonyl (C=O) groups is 2. The van der Waals surface area contributed by atoms with Gasteiger partial charge in [-0.15, -0.1) is 0 Å². The first-order chi connectivity index (χ1) is 21.5. The lowest BCUT2D eigenvalue weighted by molar-refractivity contribution is -0.140. The van der Waals surface area contributed by atoms with Crippen molar-refractivity contribution in [1.29, 1.82) is 0 Å². The highest BCUT2D eigenvalue weighted by molar-refractivity contribution is 9.10. The van der Waals surface area contributed by atoms with Gasteiger partial charge in [-0.3, -0.25) is 13.9 Å². The monoisotopic (exact) mass is 729 g/mol. The molecule has 7 nitrogen and oxygen atoms in total. The lowest BCUT2D eigenvalue weighted by Gasteiger charge is -2.34. The Kier molecular flexibility index (Phi) is 12.1. The molecule has 4 aromatic rings. The van der Waals surface area contributed by atoms with Crippen molar-refractivity contribution >= 4 is 66.7 Å². The Morgan fingerprint density at radius 3 is 2.11 bits per heavy atom. The molecule has 0 fully saturated rings. The first kappa shape index (κ1) is 34.5. The van der Waals surface area contributed by atoms with Crippen LogP contribution in [-0.4, -0.2) is 43.8 Å². The molecule has 236 valence electrons. The van der Waals surface area contributed by atoms with E-state index in [4.69, 9.17) is 23.2 Å². The Hall–Kier alpha value is -3.37. The first-order valence-electron chi connectivity index (χ1n) is 14.4. The molecule has 2 amide bonds. The van der Waals surface area contributed by atoms with Crippen LogP contribution in [0.3, 0.4) is 0 Å². The Morgan fingerprint density at radius 2 is 1.51 bits per heavy atom. The highest BCUT2D eigenvalue weighted by Crippen LogP contribution is 2.28. The van der Waals surface area contributed by atoms with Crippen molar-refractivity contribution in [2.75, 3.05) is 10.8 Å². The van der Waals surface area contributed by atoms with E-state index in [1.165, 1.54) is 17.0 Å². The van der Waals surface area contributed by atoms with Gasteiger partial charge in [-0.05, 0) is 73.0 Å². The fourth-order valence-corrected chi connectivity index (χ4v) is 6.85. The number of nitrogens with one attached hydrogen (secondary N) is 1. The summed E-state index contributed by atoms with van der Waals surface area (Å²) in [6.07, 6.45) is 0.886. The summed E-state index contributed by atoms with van der Waals surface area (Å²) in [4.78, 5) is 29.9. The Balaban J connectivity index is 1.82. The third-order valence-corrected chi connectivity index (χ3v) is 10.3. The Labute approximate surface area is 283 Å². The third kappa shape index (κ3) is 9.10. The van der Waals surface area contributed by atoms with Crippen molar-refractivity contribution < 1.29 is 18.0 Å². The molecule has 0 bridgehead atoms. The lowest BCUT2D eigenvalue weighted by Crippen LogP contribution is -2.54. The quantitative estimate of drug-likeness (QED) is 0.154. The van der Waals surface area contributed by atoms with Crippen LogP contribution in [0.4, 0.5) is 5.69 Å². The van der Waals surface area contributed by atoms with Crippen LogP contribution in [0.25, 0.3) is 0 Å². The van der Waals surface area contributed by atoms with Crippen molar-refractivity contribution in [2.24, 2.45) is 0 Å². The molecule has 0 spiro atoms. The zero-order valence-corrected chi connectivity index (χ0v) is 28.8. The van der Waals surface area contributed by atoms with Crippen LogP contribution in [0.5, 0.6) is 0 Å². The largest absolute Gasteiger partial charge is 0.352 e. The average Bonchev–Trinajstić information content (AvgIpc) is 3.03. The van der Waals surface area contributed by atoms with Gasteiger partial charge >= 0.3 is 0 Å². The molecule has 0 saturated heterocycles. The SMILES string of the molecule is CCC(C)NC(=O)C(Cc1ccccc1)N(Cc1ccc(Cl)cc1Cl)C(=O)CN(c1ccc(Br)cc1)S(=O)(=O)c1ccccc1. The number of sulfonamides is 1. The number of hydrogen-bond donors (Lipinski definition) is 1. The zero-order valence-electron chi connectivity index (χ0n) is 24.9. The minimum Gasteiger partial charge on any atom is -0.352 e. The van der Waals surface area contributed by atoms with Gasteiger partial charge in [0, 0.05) is 33.5 Å². The molecule has 4 aromatic carbocycles. The molecular formula is C34H34BrCl2N3O4S. The van der Waals surface area contributed by atoms with Crippen LogP contribution in [-0.2, 0) is 32.6 Å². The molecule has 0 aromatic heterocycles. The molecule has 11 heteroatoms. The molecule has 0 radical (unpaired) electrons.